The predicted molar refractivity (Wildman–Crippen MR) is 124 cm³/mol. The number of hydrogen-bond acceptors (Lipinski definition) is 7. The summed E-state index contributed by atoms with van der Waals surface area (Å²) < 4.78 is 13.2. The van der Waals surface area contributed by atoms with Gasteiger partial charge in [0.25, 0.3) is 0 Å². The Labute approximate surface area is 196 Å². The number of carbonyl (C=O) groups is 1. The van der Waals surface area contributed by atoms with Crippen molar-refractivity contribution in [1.29, 1.82) is 0 Å². The lowest BCUT2D eigenvalue weighted by Crippen LogP contribution is -2.50. The zero-order valence-corrected chi connectivity index (χ0v) is 19.5. The van der Waals surface area contributed by atoms with Crippen molar-refractivity contribution in [2.75, 3.05) is 45.1 Å². The Bertz CT molecular complexity index is 1000. The van der Waals surface area contributed by atoms with E-state index in [0.29, 0.717) is 35.5 Å². The topological polar surface area (TPSA) is 76.6 Å². The minimum Gasteiger partial charge on any atom is -0.492 e. The molecule has 3 heterocycles. The molecule has 32 heavy (non-hydrogen) atoms. The summed E-state index contributed by atoms with van der Waals surface area (Å²) in [6, 6.07) is 11.1. The average molecular weight is 476 g/mol. The van der Waals surface area contributed by atoms with Crippen LogP contribution in [0.4, 0.5) is 0 Å². The fourth-order valence-corrected chi connectivity index (χ4v) is 4.56. The number of furan rings is 1. The highest BCUT2D eigenvalue weighted by atomic mass is 35.5. The van der Waals surface area contributed by atoms with E-state index in [-0.39, 0.29) is 5.91 Å². The second kappa shape index (κ2) is 10.9. The molecule has 1 aliphatic heterocycles. The van der Waals surface area contributed by atoms with Gasteiger partial charge in [0.05, 0.1) is 12.0 Å². The molecule has 0 N–H and O–H groups in total. The molecule has 8 nitrogen and oxygen atoms in total. The smallest absolute Gasteiger partial charge is 0.233 e. The standard InChI is InChI=1S/C22H26ClN5O3S/c1-2-28-21(19-4-3-14-31-19)24-25-22(28)32-16-20(29)27-11-9-26(10-12-27)13-15-30-18-7-5-17(23)6-8-18/h3-8,14H,2,9-13,15-16H2,1H3. The van der Waals surface area contributed by atoms with Crippen molar-refractivity contribution >= 4 is 29.3 Å². The van der Waals surface area contributed by atoms with Crippen molar-refractivity contribution in [2.45, 2.75) is 18.6 Å². The molecule has 0 unspecified atom stereocenters. The molecule has 1 amide bonds. The van der Waals surface area contributed by atoms with Crippen LogP contribution in [0.5, 0.6) is 5.75 Å². The number of rotatable bonds is 9. The summed E-state index contributed by atoms with van der Waals surface area (Å²) in [5.41, 5.74) is 0. The van der Waals surface area contributed by atoms with Crippen LogP contribution in [0, 0.1) is 0 Å². The molecule has 0 radical (unpaired) electrons. The summed E-state index contributed by atoms with van der Waals surface area (Å²) in [6.07, 6.45) is 1.61. The van der Waals surface area contributed by atoms with Crippen LogP contribution in [0.1, 0.15) is 6.92 Å². The molecule has 1 fully saturated rings. The summed E-state index contributed by atoms with van der Waals surface area (Å²) in [5, 5.41) is 9.91. The largest absolute Gasteiger partial charge is 0.492 e. The van der Waals surface area contributed by atoms with E-state index in [2.05, 4.69) is 15.1 Å². The number of ether oxygens (including phenoxy) is 1. The van der Waals surface area contributed by atoms with Crippen LogP contribution in [0.3, 0.4) is 0 Å². The number of thioether (sulfide) groups is 1. The summed E-state index contributed by atoms with van der Waals surface area (Å²) >= 11 is 7.31. The Morgan fingerprint density at radius 2 is 1.94 bits per heavy atom. The van der Waals surface area contributed by atoms with E-state index in [0.717, 1.165) is 43.6 Å². The molecule has 0 bridgehead atoms. The van der Waals surface area contributed by atoms with Crippen LogP contribution in [0.15, 0.2) is 52.2 Å². The van der Waals surface area contributed by atoms with Crippen LogP contribution in [-0.4, -0.2) is 75.6 Å². The van der Waals surface area contributed by atoms with Gasteiger partial charge < -0.3 is 14.1 Å². The second-order valence-electron chi connectivity index (χ2n) is 7.34. The van der Waals surface area contributed by atoms with Crippen molar-refractivity contribution in [3.8, 4) is 17.3 Å². The number of halogens is 1. The molecule has 2 aromatic heterocycles. The van der Waals surface area contributed by atoms with E-state index < -0.39 is 0 Å². The van der Waals surface area contributed by atoms with Crippen LogP contribution in [0.2, 0.25) is 5.02 Å². The molecule has 0 spiro atoms. The van der Waals surface area contributed by atoms with Gasteiger partial charge in [0.15, 0.2) is 16.7 Å². The van der Waals surface area contributed by atoms with Gasteiger partial charge in [0, 0.05) is 44.3 Å². The number of aromatic nitrogens is 3. The first-order valence-electron chi connectivity index (χ1n) is 10.6. The Morgan fingerprint density at radius 3 is 2.62 bits per heavy atom. The molecular weight excluding hydrogens is 450 g/mol. The van der Waals surface area contributed by atoms with Gasteiger partial charge in [-0.15, -0.1) is 10.2 Å². The first kappa shape index (κ1) is 22.7. The highest BCUT2D eigenvalue weighted by molar-refractivity contribution is 7.99. The third kappa shape index (κ3) is 5.65. The molecular formula is C22H26ClN5O3S. The van der Waals surface area contributed by atoms with Gasteiger partial charge in [-0.25, -0.2) is 0 Å². The fourth-order valence-electron chi connectivity index (χ4n) is 3.53. The molecule has 1 saturated heterocycles. The number of amides is 1. The van der Waals surface area contributed by atoms with E-state index in [1.54, 1.807) is 6.26 Å². The lowest BCUT2D eigenvalue weighted by atomic mass is 10.3. The third-order valence-electron chi connectivity index (χ3n) is 5.31. The first-order valence-corrected chi connectivity index (χ1v) is 12.0. The van der Waals surface area contributed by atoms with Gasteiger partial charge in [-0.2, -0.15) is 0 Å². The lowest BCUT2D eigenvalue weighted by molar-refractivity contribution is -0.130. The minimum atomic E-state index is 0.122. The SMILES string of the molecule is CCn1c(SCC(=O)N2CCN(CCOc3ccc(Cl)cc3)CC2)nnc1-c1ccco1. The zero-order chi connectivity index (χ0) is 22.3. The van der Waals surface area contributed by atoms with E-state index in [1.165, 1.54) is 11.8 Å². The number of benzene rings is 1. The highest BCUT2D eigenvalue weighted by Crippen LogP contribution is 2.24. The van der Waals surface area contributed by atoms with Crippen LogP contribution < -0.4 is 4.74 Å². The van der Waals surface area contributed by atoms with Gasteiger partial charge in [-0.1, -0.05) is 23.4 Å². The van der Waals surface area contributed by atoms with E-state index >= 15 is 0 Å². The van der Waals surface area contributed by atoms with E-state index in [4.69, 9.17) is 20.8 Å². The van der Waals surface area contributed by atoms with Gasteiger partial charge in [0.2, 0.25) is 5.91 Å². The quantitative estimate of drug-likeness (QED) is 0.438. The van der Waals surface area contributed by atoms with Crippen molar-refractivity contribution < 1.29 is 13.9 Å². The van der Waals surface area contributed by atoms with Crippen LogP contribution in [-0.2, 0) is 11.3 Å². The molecule has 1 aliphatic rings. The van der Waals surface area contributed by atoms with Crippen molar-refractivity contribution in [3.63, 3.8) is 0 Å². The average Bonchev–Trinajstić information content (AvgIpc) is 3.48. The summed E-state index contributed by atoms with van der Waals surface area (Å²) in [7, 11) is 0. The molecule has 0 atom stereocenters. The molecule has 0 aliphatic carbocycles. The van der Waals surface area contributed by atoms with Gasteiger partial charge >= 0.3 is 0 Å². The molecule has 1 aromatic carbocycles. The van der Waals surface area contributed by atoms with Gasteiger partial charge in [-0.3, -0.25) is 14.3 Å². The third-order valence-corrected chi connectivity index (χ3v) is 6.52. The van der Waals surface area contributed by atoms with Crippen molar-refractivity contribution in [1.82, 2.24) is 24.6 Å². The highest BCUT2D eigenvalue weighted by Gasteiger charge is 2.22. The number of hydrogen-bond donors (Lipinski definition) is 0. The van der Waals surface area contributed by atoms with E-state index in [9.17, 15) is 4.79 Å². The lowest BCUT2D eigenvalue weighted by Gasteiger charge is -2.34. The van der Waals surface area contributed by atoms with Crippen molar-refractivity contribution in [2.24, 2.45) is 0 Å². The Hall–Kier alpha value is -2.49. The summed E-state index contributed by atoms with van der Waals surface area (Å²) in [4.78, 5) is 17.0. The maximum Gasteiger partial charge on any atom is 0.233 e. The summed E-state index contributed by atoms with van der Waals surface area (Å²) in [6.45, 7) is 7.29. The van der Waals surface area contributed by atoms with Crippen molar-refractivity contribution in [3.05, 3.63) is 47.7 Å². The van der Waals surface area contributed by atoms with Crippen LogP contribution in [0.25, 0.3) is 11.6 Å². The summed E-state index contributed by atoms with van der Waals surface area (Å²) in [5.74, 6) is 2.64. The maximum atomic E-state index is 12.7. The number of carbonyl (C=O) groups excluding carboxylic acids is 1. The Balaban J connectivity index is 1.20. The number of piperazine rings is 1. The molecule has 0 saturated carbocycles. The fraction of sp³-hybridized carbons (Fsp3) is 0.409. The Kier molecular flexibility index (Phi) is 7.72. The first-order chi connectivity index (χ1) is 15.6. The van der Waals surface area contributed by atoms with E-state index in [1.807, 2.05) is 52.8 Å². The molecule has 4 rings (SSSR count). The second-order valence-corrected chi connectivity index (χ2v) is 8.72. The van der Waals surface area contributed by atoms with Gasteiger partial charge in [0.1, 0.15) is 12.4 Å². The normalized spacial score (nSPS) is 14.6. The molecule has 3 aromatic rings. The monoisotopic (exact) mass is 475 g/mol. The zero-order valence-electron chi connectivity index (χ0n) is 17.9. The van der Waals surface area contributed by atoms with Gasteiger partial charge in [-0.05, 0) is 43.3 Å². The molecule has 10 heteroatoms. The van der Waals surface area contributed by atoms with Crippen LogP contribution >= 0.6 is 23.4 Å². The molecule has 170 valence electrons. The predicted octanol–water partition coefficient (Wildman–Crippen LogP) is 3.53. The maximum absolute atomic E-state index is 12.7. The minimum absolute atomic E-state index is 0.122. The Morgan fingerprint density at radius 1 is 1.16 bits per heavy atom. The number of nitrogens with zero attached hydrogens (tertiary/aromatic N) is 5.